The average Bonchev–Trinajstić information content (AvgIpc) is 1.96. The normalized spacial score (nSPS) is 10.8. The van der Waals surface area contributed by atoms with Gasteiger partial charge in [0.1, 0.15) is 10.3 Å². The summed E-state index contributed by atoms with van der Waals surface area (Å²) in [5, 5.41) is 0.285. The van der Waals surface area contributed by atoms with E-state index >= 15 is 0 Å². The summed E-state index contributed by atoms with van der Waals surface area (Å²) in [4.78, 5) is 3.61. The molecule has 0 unspecified atom stereocenters. The molecule has 1 aromatic heterocycles. The van der Waals surface area contributed by atoms with Gasteiger partial charge in [-0.15, -0.1) is 0 Å². The van der Waals surface area contributed by atoms with E-state index in [0.717, 1.165) is 0 Å². The molecule has 66 valence electrons. The third kappa shape index (κ3) is 2.26. The van der Waals surface area contributed by atoms with Gasteiger partial charge >= 0.3 is 0 Å². The minimum atomic E-state index is -2.59. The van der Waals surface area contributed by atoms with Crippen molar-refractivity contribution >= 4 is 50.1 Å². The van der Waals surface area contributed by atoms with Gasteiger partial charge in [-0.3, -0.25) is 0 Å². The molecular formula is C6H2BrClF2IN. The van der Waals surface area contributed by atoms with Crippen LogP contribution in [-0.4, -0.2) is 4.98 Å². The summed E-state index contributed by atoms with van der Waals surface area (Å²) in [6.45, 7) is 0. The van der Waals surface area contributed by atoms with Crippen molar-refractivity contribution in [1.82, 2.24) is 4.98 Å². The third-order valence-electron chi connectivity index (χ3n) is 1.11. The van der Waals surface area contributed by atoms with E-state index in [0.29, 0.717) is 8.17 Å². The molecule has 12 heavy (non-hydrogen) atoms. The zero-order valence-electron chi connectivity index (χ0n) is 5.49. The zero-order chi connectivity index (χ0) is 9.30. The van der Waals surface area contributed by atoms with E-state index < -0.39 is 6.43 Å². The predicted octanol–water partition coefficient (Wildman–Crippen LogP) is 4.04. The van der Waals surface area contributed by atoms with Crippen LogP contribution < -0.4 is 0 Å². The van der Waals surface area contributed by atoms with E-state index in [-0.39, 0.29) is 10.7 Å². The van der Waals surface area contributed by atoms with Crippen LogP contribution in [0.25, 0.3) is 0 Å². The van der Waals surface area contributed by atoms with Gasteiger partial charge < -0.3 is 0 Å². The number of alkyl halides is 2. The molecule has 6 heteroatoms. The second-order valence-corrected chi connectivity index (χ2v) is 4.23. The smallest absolute Gasteiger partial charge is 0.239 e. The van der Waals surface area contributed by atoms with Crippen LogP contribution in [0.2, 0.25) is 5.02 Å². The first-order valence-electron chi connectivity index (χ1n) is 2.82. The van der Waals surface area contributed by atoms with Crippen LogP contribution in [0.3, 0.4) is 0 Å². The Morgan fingerprint density at radius 2 is 2.17 bits per heavy atom. The Hall–Kier alpha value is 0.510. The zero-order valence-corrected chi connectivity index (χ0v) is 9.99. The van der Waals surface area contributed by atoms with E-state index in [4.69, 9.17) is 11.6 Å². The Bertz CT molecular complexity index is 308. The van der Waals surface area contributed by atoms with Crippen molar-refractivity contribution in [2.75, 3.05) is 0 Å². The summed E-state index contributed by atoms with van der Waals surface area (Å²) in [7, 11) is 0. The molecule has 0 amide bonds. The summed E-state index contributed by atoms with van der Waals surface area (Å²) in [6, 6.07) is 1.48. The molecule has 0 radical (unpaired) electrons. The maximum Gasteiger partial charge on any atom is 0.281 e. The minimum absolute atomic E-state index is 0.282. The lowest BCUT2D eigenvalue weighted by Crippen LogP contribution is -1.95. The van der Waals surface area contributed by atoms with Gasteiger partial charge in [0.2, 0.25) is 0 Å². The van der Waals surface area contributed by atoms with E-state index in [1.54, 1.807) is 22.6 Å². The number of halogens is 5. The first-order chi connectivity index (χ1) is 5.52. The van der Waals surface area contributed by atoms with Gasteiger partial charge in [-0.25, -0.2) is 13.8 Å². The maximum atomic E-state index is 12.2. The summed E-state index contributed by atoms with van der Waals surface area (Å²) in [5.41, 5.74) is -0.282. The van der Waals surface area contributed by atoms with Gasteiger partial charge in [0.25, 0.3) is 6.43 Å². The summed E-state index contributed by atoms with van der Waals surface area (Å²) in [5.74, 6) is 0. The number of hydrogen-bond donors (Lipinski definition) is 0. The highest BCUT2D eigenvalue weighted by Crippen LogP contribution is 2.30. The minimum Gasteiger partial charge on any atom is -0.239 e. The van der Waals surface area contributed by atoms with Crippen molar-refractivity contribution in [3.05, 3.63) is 25.0 Å². The van der Waals surface area contributed by atoms with Crippen LogP contribution >= 0.6 is 50.1 Å². The molecule has 0 spiro atoms. The molecule has 0 saturated heterocycles. The van der Waals surface area contributed by atoms with Crippen LogP contribution in [0.15, 0.2) is 10.7 Å². The van der Waals surface area contributed by atoms with Crippen molar-refractivity contribution in [2.24, 2.45) is 0 Å². The van der Waals surface area contributed by atoms with E-state index in [1.807, 2.05) is 0 Å². The SMILES string of the molecule is FC(F)c1nc(Br)cc(Cl)c1I. The first-order valence-corrected chi connectivity index (χ1v) is 5.07. The fourth-order valence-corrected chi connectivity index (χ4v) is 1.89. The van der Waals surface area contributed by atoms with Crippen molar-refractivity contribution in [3.8, 4) is 0 Å². The Morgan fingerprint density at radius 1 is 1.58 bits per heavy atom. The number of rotatable bonds is 1. The molecule has 1 nitrogen and oxygen atoms in total. The maximum absolute atomic E-state index is 12.2. The van der Waals surface area contributed by atoms with Crippen molar-refractivity contribution in [2.45, 2.75) is 6.43 Å². The molecule has 0 aliphatic carbocycles. The molecule has 1 heterocycles. The number of aromatic nitrogens is 1. The monoisotopic (exact) mass is 367 g/mol. The predicted molar refractivity (Wildman–Crippen MR) is 54.6 cm³/mol. The Kier molecular flexibility index (Phi) is 3.66. The standard InChI is InChI=1S/C6H2BrClF2IN/c7-3-1-2(8)4(11)5(12-3)6(9)10/h1,6H. The van der Waals surface area contributed by atoms with Gasteiger partial charge in [-0.1, -0.05) is 11.6 Å². The summed E-state index contributed by atoms with van der Waals surface area (Å²) >= 11 is 10.4. The fraction of sp³-hybridized carbons (Fsp3) is 0.167. The molecule has 0 aliphatic heterocycles. The van der Waals surface area contributed by atoms with Crippen LogP contribution in [0.5, 0.6) is 0 Å². The molecule has 0 N–H and O–H groups in total. The molecule has 1 aromatic rings. The number of pyridine rings is 1. The van der Waals surface area contributed by atoms with E-state index in [9.17, 15) is 8.78 Å². The molecule has 0 aromatic carbocycles. The molecule has 0 atom stereocenters. The first kappa shape index (κ1) is 10.6. The van der Waals surface area contributed by atoms with Gasteiger partial charge in [0.05, 0.1) is 8.59 Å². The van der Waals surface area contributed by atoms with Gasteiger partial charge in [-0.2, -0.15) is 0 Å². The van der Waals surface area contributed by atoms with Crippen LogP contribution in [-0.2, 0) is 0 Å². The van der Waals surface area contributed by atoms with Crippen molar-refractivity contribution < 1.29 is 8.78 Å². The lowest BCUT2D eigenvalue weighted by molar-refractivity contribution is 0.145. The van der Waals surface area contributed by atoms with Gasteiger partial charge in [0, 0.05) is 0 Å². The van der Waals surface area contributed by atoms with E-state index in [1.165, 1.54) is 6.07 Å². The highest BCUT2D eigenvalue weighted by molar-refractivity contribution is 14.1. The lowest BCUT2D eigenvalue weighted by Gasteiger charge is -2.04. The molecule has 0 bridgehead atoms. The highest BCUT2D eigenvalue weighted by Gasteiger charge is 2.16. The molecular weight excluding hydrogens is 366 g/mol. The molecule has 1 rings (SSSR count). The second-order valence-electron chi connectivity index (χ2n) is 1.93. The molecule has 0 saturated carbocycles. The Morgan fingerprint density at radius 3 is 2.67 bits per heavy atom. The third-order valence-corrected chi connectivity index (χ3v) is 3.27. The topological polar surface area (TPSA) is 12.9 Å². The summed E-state index contributed by atoms with van der Waals surface area (Å²) < 4.78 is 25.1. The van der Waals surface area contributed by atoms with Gasteiger partial charge in [0.15, 0.2) is 0 Å². The Balaban J connectivity index is 3.28. The van der Waals surface area contributed by atoms with Crippen LogP contribution in [0.1, 0.15) is 12.1 Å². The molecule has 0 fully saturated rings. The summed E-state index contributed by atoms with van der Waals surface area (Å²) in [6.07, 6.45) is -2.59. The largest absolute Gasteiger partial charge is 0.281 e. The average molecular weight is 368 g/mol. The van der Waals surface area contributed by atoms with E-state index in [2.05, 4.69) is 20.9 Å². The quantitative estimate of drug-likeness (QED) is 0.539. The van der Waals surface area contributed by atoms with Gasteiger partial charge in [-0.05, 0) is 44.6 Å². The lowest BCUT2D eigenvalue weighted by atomic mass is 10.4. The van der Waals surface area contributed by atoms with Crippen molar-refractivity contribution in [3.63, 3.8) is 0 Å². The molecule has 0 aliphatic rings. The van der Waals surface area contributed by atoms with Crippen molar-refractivity contribution in [1.29, 1.82) is 0 Å². The Labute approximate surface area is 94.8 Å². The highest BCUT2D eigenvalue weighted by atomic mass is 127. The van der Waals surface area contributed by atoms with Crippen LogP contribution in [0, 0.1) is 3.57 Å². The second kappa shape index (κ2) is 4.15. The van der Waals surface area contributed by atoms with Crippen LogP contribution in [0.4, 0.5) is 8.78 Å². The number of hydrogen-bond acceptors (Lipinski definition) is 1. The number of nitrogens with zero attached hydrogens (tertiary/aromatic N) is 1. The fourth-order valence-electron chi connectivity index (χ4n) is 0.631.